The Balaban J connectivity index is 2.92. The smallest absolute Gasteiger partial charge is 0.324 e. The van der Waals surface area contributed by atoms with Crippen LogP contribution in [0.4, 0.5) is 0 Å². The number of ether oxygens (including phenoxy) is 1. The number of nitrogens with zero attached hydrogens (tertiary/aromatic N) is 1. The maximum absolute atomic E-state index is 12.3. The Labute approximate surface area is 125 Å². The molecule has 1 aromatic rings. The van der Waals surface area contributed by atoms with Gasteiger partial charge in [0.15, 0.2) is 15.1 Å². The number of esters is 1. The molecule has 0 aliphatic rings. The molecular formula is C15H19NO4S. The molecule has 0 aromatic heterocycles. The van der Waals surface area contributed by atoms with Crippen molar-refractivity contribution in [3.63, 3.8) is 0 Å². The number of rotatable bonds is 6. The van der Waals surface area contributed by atoms with Crippen molar-refractivity contribution >= 4 is 15.8 Å². The van der Waals surface area contributed by atoms with Gasteiger partial charge in [0.2, 0.25) is 0 Å². The first-order valence-electron chi connectivity index (χ1n) is 6.71. The third kappa shape index (κ3) is 4.87. The average molecular weight is 309 g/mol. The zero-order chi connectivity index (χ0) is 16.0. The van der Waals surface area contributed by atoms with Crippen molar-refractivity contribution in [3.8, 4) is 6.07 Å². The third-order valence-electron chi connectivity index (χ3n) is 2.87. The van der Waals surface area contributed by atoms with Crippen molar-refractivity contribution in [1.82, 2.24) is 0 Å². The molecule has 0 radical (unpaired) electrons. The molecule has 0 amide bonds. The molecule has 1 atom stereocenters. The molecule has 0 aliphatic heterocycles. The second-order valence-corrected chi connectivity index (χ2v) is 7.18. The molecule has 0 N–H and O–H groups in total. The van der Waals surface area contributed by atoms with E-state index in [9.17, 15) is 13.2 Å². The highest BCUT2D eigenvalue weighted by Crippen LogP contribution is 2.16. The van der Waals surface area contributed by atoms with Crippen molar-refractivity contribution in [2.24, 2.45) is 0 Å². The van der Waals surface area contributed by atoms with Crippen LogP contribution in [-0.4, -0.2) is 25.7 Å². The topological polar surface area (TPSA) is 84.2 Å². The monoisotopic (exact) mass is 309 g/mol. The number of sulfone groups is 1. The molecule has 0 heterocycles. The minimum atomic E-state index is -3.65. The molecule has 1 rings (SSSR count). The largest absolute Gasteiger partial charge is 0.462 e. The van der Waals surface area contributed by atoms with Gasteiger partial charge in [-0.3, -0.25) is 4.79 Å². The fourth-order valence-electron chi connectivity index (χ4n) is 1.88. The standard InChI is InChI=1S/C15H19NO4S/c1-4-14(15(17)20-11(2)3)21(18,19)10-13-7-5-12(9-16)6-8-13/h5-8,11,14H,4,10H2,1-3H3. The highest BCUT2D eigenvalue weighted by Gasteiger charge is 2.32. The van der Waals surface area contributed by atoms with E-state index >= 15 is 0 Å². The van der Waals surface area contributed by atoms with Gasteiger partial charge in [-0.05, 0) is 38.0 Å². The molecule has 1 aromatic carbocycles. The van der Waals surface area contributed by atoms with Crippen LogP contribution in [0.3, 0.4) is 0 Å². The maximum atomic E-state index is 12.3. The van der Waals surface area contributed by atoms with Crippen LogP contribution in [0.5, 0.6) is 0 Å². The van der Waals surface area contributed by atoms with Crippen LogP contribution >= 0.6 is 0 Å². The van der Waals surface area contributed by atoms with Gasteiger partial charge in [0, 0.05) is 0 Å². The minimum Gasteiger partial charge on any atom is -0.462 e. The first-order chi connectivity index (χ1) is 9.80. The molecule has 0 aliphatic carbocycles. The van der Waals surface area contributed by atoms with Crippen LogP contribution < -0.4 is 0 Å². The van der Waals surface area contributed by atoms with E-state index < -0.39 is 21.1 Å². The van der Waals surface area contributed by atoms with E-state index in [0.29, 0.717) is 11.1 Å². The Morgan fingerprint density at radius 1 is 1.29 bits per heavy atom. The summed E-state index contributed by atoms with van der Waals surface area (Å²) in [5, 5.41) is 7.56. The second-order valence-electron chi connectivity index (χ2n) is 5.00. The minimum absolute atomic E-state index is 0.171. The highest BCUT2D eigenvalue weighted by atomic mass is 32.2. The summed E-state index contributed by atoms with van der Waals surface area (Å²) in [6, 6.07) is 8.23. The van der Waals surface area contributed by atoms with Crippen LogP contribution in [-0.2, 0) is 25.1 Å². The Morgan fingerprint density at radius 2 is 1.86 bits per heavy atom. The fraction of sp³-hybridized carbons (Fsp3) is 0.467. The molecule has 114 valence electrons. The normalized spacial score (nSPS) is 12.7. The number of nitriles is 1. The van der Waals surface area contributed by atoms with Gasteiger partial charge in [-0.25, -0.2) is 8.42 Å². The number of benzene rings is 1. The van der Waals surface area contributed by atoms with E-state index in [1.54, 1.807) is 45.0 Å². The first kappa shape index (κ1) is 17.2. The SMILES string of the molecule is CCC(C(=O)OC(C)C)S(=O)(=O)Cc1ccc(C#N)cc1. The summed E-state index contributed by atoms with van der Waals surface area (Å²) in [4.78, 5) is 11.9. The Morgan fingerprint density at radius 3 is 2.29 bits per heavy atom. The number of carbonyl (C=O) groups excluding carboxylic acids is 1. The van der Waals surface area contributed by atoms with Gasteiger partial charge in [0.25, 0.3) is 0 Å². The van der Waals surface area contributed by atoms with Gasteiger partial charge in [-0.1, -0.05) is 19.1 Å². The van der Waals surface area contributed by atoms with Crippen LogP contribution in [0.15, 0.2) is 24.3 Å². The summed E-state index contributed by atoms with van der Waals surface area (Å²) in [6.07, 6.45) is -0.180. The van der Waals surface area contributed by atoms with Crippen LogP contribution in [0.25, 0.3) is 0 Å². The summed E-state index contributed by atoms with van der Waals surface area (Å²) in [7, 11) is -3.65. The first-order valence-corrected chi connectivity index (χ1v) is 8.42. The van der Waals surface area contributed by atoms with Gasteiger partial charge in [-0.15, -0.1) is 0 Å². The molecule has 21 heavy (non-hydrogen) atoms. The molecule has 0 saturated carbocycles. The summed E-state index contributed by atoms with van der Waals surface area (Å²) >= 11 is 0. The van der Waals surface area contributed by atoms with Gasteiger partial charge in [0.1, 0.15) is 0 Å². The molecular weight excluding hydrogens is 290 g/mol. The Bertz CT molecular complexity index is 627. The summed E-state index contributed by atoms with van der Waals surface area (Å²) < 4.78 is 29.7. The summed E-state index contributed by atoms with van der Waals surface area (Å²) in [5.74, 6) is -0.953. The van der Waals surface area contributed by atoms with Crippen molar-refractivity contribution in [2.45, 2.75) is 44.3 Å². The van der Waals surface area contributed by atoms with E-state index in [2.05, 4.69) is 0 Å². The number of carbonyl (C=O) groups is 1. The highest BCUT2D eigenvalue weighted by molar-refractivity contribution is 7.92. The van der Waals surface area contributed by atoms with Crippen molar-refractivity contribution in [3.05, 3.63) is 35.4 Å². The molecule has 6 heteroatoms. The summed E-state index contributed by atoms with van der Waals surface area (Å²) in [6.45, 7) is 5.00. The zero-order valence-electron chi connectivity index (χ0n) is 12.4. The fourth-order valence-corrected chi connectivity index (χ4v) is 3.60. The van der Waals surface area contributed by atoms with Gasteiger partial charge in [-0.2, -0.15) is 5.26 Å². The second kappa shape index (κ2) is 7.23. The maximum Gasteiger partial charge on any atom is 0.324 e. The molecule has 5 nitrogen and oxygen atoms in total. The van der Waals surface area contributed by atoms with E-state index in [-0.39, 0.29) is 18.3 Å². The van der Waals surface area contributed by atoms with E-state index in [4.69, 9.17) is 10.00 Å². The lowest BCUT2D eigenvalue weighted by molar-refractivity contribution is -0.146. The Kier molecular flexibility index (Phi) is 5.91. The van der Waals surface area contributed by atoms with Gasteiger partial charge < -0.3 is 4.74 Å². The van der Waals surface area contributed by atoms with E-state index in [1.165, 1.54) is 0 Å². The molecule has 0 bridgehead atoms. The zero-order valence-corrected chi connectivity index (χ0v) is 13.2. The number of hydrogen-bond donors (Lipinski definition) is 0. The van der Waals surface area contributed by atoms with Crippen LogP contribution in [0, 0.1) is 11.3 Å². The van der Waals surface area contributed by atoms with Gasteiger partial charge >= 0.3 is 5.97 Å². The van der Waals surface area contributed by atoms with Crippen molar-refractivity contribution in [1.29, 1.82) is 5.26 Å². The Hall–Kier alpha value is -1.87. The predicted molar refractivity (Wildman–Crippen MR) is 79.1 cm³/mol. The van der Waals surface area contributed by atoms with Crippen LogP contribution in [0.2, 0.25) is 0 Å². The molecule has 0 saturated heterocycles. The third-order valence-corrected chi connectivity index (χ3v) is 5.00. The lowest BCUT2D eigenvalue weighted by Crippen LogP contribution is -2.33. The summed E-state index contributed by atoms with van der Waals surface area (Å²) in [5.41, 5.74) is 1.01. The van der Waals surface area contributed by atoms with Crippen molar-refractivity contribution in [2.75, 3.05) is 0 Å². The van der Waals surface area contributed by atoms with E-state index in [0.717, 1.165) is 0 Å². The lowest BCUT2D eigenvalue weighted by atomic mass is 10.2. The van der Waals surface area contributed by atoms with Gasteiger partial charge in [0.05, 0.1) is 23.5 Å². The van der Waals surface area contributed by atoms with Crippen LogP contribution in [0.1, 0.15) is 38.3 Å². The predicted octanol–water partition coefficient (Wildman–Crippen LogP) is 2.20. The molecule has 0 fully saturated rings. The quantitative estimate of drug-likeness (QED) is 0.752. The lowest BCUT2D eigenvalue weighted by Gasteiger charge is -2.17. The molecule has 1 unspecified atom stereocenters. The average Bonchev–Trinajstić information content (AvgIpc) is 2.38. The van der Waals surface area contributed by atoms with Crippen molar-refractivity contribution < 1.29 is 17.9 Å². The number of hydrogen-bond acceptors (Lipinski definition) is 5. The molecule has 0 spiro atoms. The van der Waals surface area contributed by atoms with E-state index in [1.807, 2.05) is 6.07 Å².